The summed E-state index contributed by atoms with van der Waals surface area (Å²) in [5.74, 6) is -0.0432. The zero-order chi connectivity index (χ0) is 5.15. The highest BCUT2D eigenvalue weighted by molar-refractivity contribution is 6.56. The molecule has 4 N–H and O–H groups in total. The molecule has 0 fully saturated rings. The van der Waals surface area contributed by atoms with E-state index in [9.17, 15) is 0 Å². The molecule has 0 amide bonds. The first-order valence-electron chi connectivity index (χ1n) is 1.21. The largest absolute Gasteiger partial charge is 0.384 e. The zero-order valence-corrected chi connectivity index (χ0v) is 4.42. The van der Waals surface area contributed by atoms with E-state index in [1.54, 1.807) is 0 Å². The molecule has 0 aromatic rings. The minimum absolute atomic E-state index is 0.0432. The molecule has 0 bridgehead atoms. The molecule has 0 radical (unpaired) electrons. The Hall–Kier alpha value is -0.0800. The van der Waals surface area contributed by atoms with Crippen molar-refractivity contribution in [2.24, 2.45) is 11.5 Å². The van der Waals surface area contributed by atoms with Crippen LogP contribution in [0.2, 0.25) is 0 Å². The first-order chi connectivity index (χ1) is 2.64. The summed E-state index contributed by atoms with van der Waals surface area (Å²) in [5, 5.41) is 0. The molecule has 0 aromatic carbocycles. The highest BCUT2D eigenvalue weighted by atomic mass is 35.5. The third-order valence-electron chi connectivity index (χ3n) is 0.218. The van der Waals surface area contributed by atoms with Crippen molar-refractivity contribution in [3.63, 3.8) is 0 Å². The molecule has 0 spiro atoms. The molecule has 4 heteroatoms. The van der Waals surface area contributed by atoms with E-state index in [1.165, 1.54) is 0 Å². The molecule has 0 saturated carbocycles. The Balaban J connectivity index is 3.68. The van der Waals surface area contributed by atoms with Crippen molar-refractivity contribution in [3.8, 4) is 0 Å². The molecule has 0 unspecified atom stereocenters. The fourth-order valence-corrected chi connectivity index (χ4v) is 0. The van der Waals surface area contributed by atoms with Gasteiger partial charge in [-0.05, 0) is 0 Å². The van der Waals surface area contributed by atoms with Gasteiger partial charge in [0, 0.05) is 0 Å². The molecule has 0 aliphatic carbocycles. The summed E-state index contributed by atoms with van der Waals surface area (Å²) in [4.78, 5) is 0. The molecule has 0 atom stereocenters. The maximum absolute atomic E-state index is 5.01. The molecule has 6 heavy (non-hydrogen) atoms. The summed E-state index contributed by atoms with van der Waals surface area (Å²) < 4.78 is -0.0741. The maximum atomic E-state index is 5.01. The second-order valence-corrected chi connectivity index (χ2v) is 1.67. The van der Waals surface area contributed by atoms with Crippen molar-refractivity contribution in [3.05, 3.63) is 10.3 Å². The molecular weight excluding hydrogens is 123 g/mol. The molecule has 0 aliphatic rings. The van der Waals surface area contributed by atoms with Crippen LogP contribution in [-0.2, 0) is 0 Å². The fraction of sp³-hybridized carbons (Fsp3) is 0. The lowest BCUT2D eigenvalue weighted by molar-refractivity contribution is 1.26. The van der Waals surface area contributed by atoms with Crippen LogP contribution in [0.1, 0.15) is 0 Å². The number of halogens is 2. The first kappa shape index (κ1) is 5.92. The van der Waals surface area contributed by atoms with Crippen LogP contribution in [0.25, 0.3) is 0 Å². The van der Waals surface area contributed by atoms with Gasteiger partial charge in [0.05, 0.1) is 0 Å². The third-order valence-corrected chi connectivity index (χ3v) is 0.655. The van der Waals surface area contributed by atoms with Crippen molar-refractivity contribution in [1.29, 1.82) is 0 Å². The van der Waals surface area contributed by atoms with Gasteiger partial charge < -0.3 is 11.5 Å². The van der Waals surface area contributed by atoms with Crippen LogP contribution >= 0.6 is 23.2 Å². The van der Waals surface area contributed by atoms with Crippen molar-refractivity contribution < 1.29 is 0 Å². The van der Waals surface area contributed by atoms with E-state index < -0.39 is 0 Å². The van der Waals surface area contributed by atoms with Gasteiger partial charge >= 0.3 is 0 Å². The summed E-state index contributed by atoms with van der Waals surface area (Å²) in [6, 6.07) is 0. The van der Waals surface area contributed by atoms with Crippen LogP contribution in [0.5, 0.6) is 0 Å². The normalized spacial score (nSPS) is 7.67. The van der Waals surface area contributed by atoms with Crippen molar-refractivity contribution in [1.82, 2.24) is 0 Å². The van der Waals surface area contributed by atoms with Crippen LogP contribution < -0.4 is 11.5 Å². The predicted octanol–water partition coefficient (Wildman–Crippen LogP) is 0.508. The highest BCUT2D eigenvalue weighted by Gasteiger charge is 1.83. The van der Waals surface area contributed by atoms with Crippen LogP contribution in [0.15, 0.2) is 10.3 Å². The molecule has 0 heterocycles. The van der Waals surface area contributed by atoms with E-state index in [2.05, 4.69) is 0 Å². The summed E-state index contributed by atoms with van der Waals surface area (Å²) in [6.45, 7) is 0. The second kappa shape index (κ2) is 2.16. The molecule has 0 rings (SSSR count). The average Bonchev–Trinajstić information content (AvgIpc) is 1.36. The van der Waals surface area contributed by atoms with Crippen LogP contribution in [0.4, 0.5) is 0 Å². The standard InChI is InChI=1S/C2H4Cl2N2/c3-1(4)2(5)6/h5-6H2. The van der Waals surface area contributed by atoms with Crippen LogP contribution in [0, 0.1) is 0 Å². The van der Waals surface area contributed by atoms with Gasteiger partial charge in [-0.15, -0.1) is 0 Å². The van der Waals surface area contributed by atoms with Gasteiger partial charge in [-0.25, -0.2) is 0 Å². The molecule has 2 nitrogen and oxygen atoms in total. The monoisotopic (exact) mass is 126 g/mol. The van der Waals surface area contributed by atoms with Gasteiger partial charge in [0.1, 0.15) is 10.3 Å². The molecule has 0 saturated heterocycles. The third kappa shape index (κ3) is 2.18. The van der Waals surface area contributed by atoms with E-state index in [4.69, 9.17) is 34.7 Å². The summed E-state index contributed by atoms with van der Waals surface area (Å²) in [7, 11) is 0. The van der Waals surface area contributed by atoms with Crippen molar-refractivity contribution in [2.45, 2.75) is 0 Å². The van der Waals surface area contributed by atoms with E-state index in [1.807, 2.05) is 0 Å². The molecule has 0 aromatic heterocycles. The average molecular weight is 127 g/mol. The fourth-order valence-electron chi connectivity index (χ4n) is 0. The lowest BCUT2D eigenvalue weighted by Crippen LogP contribution is -2.07. The smallest absolute Gasteiger partial charge is 0.146 e. The SMILES string of the molecule is NC(N)=C(Cl)Cl. The Bertz CT molecular complexity index is 59.6. The number of rotatable bonds is 0. The van der Waals surface area contributed by atoms with E-state index >= 15 is 0 Å². The maximum Gasteiger partial charge on any atom is 0.146 e. The Morgan fingerprint density at radius 1 is 1.17 bits per heavy atom. The lowest BCUT2D eigenvalue weighted by atomic mass is 10.9. The topological polar surface area (TPSA) is 52.0 Å². The quantitative estimate of drug-likeness (QED) is 0.498. The summed E-state index contributed by atoms with van der Waals surface area (Å²) >= 11 is 10.0. The summed E-state index contributed by atoms with van der Waals surface area (Å²) in [5.41, 5.74) is 9.66. The van der Waals surface area contributed by atoms with Gasteiger partial charge in [-0.2, -0.15) is 0 Å². The minimum atomic E-state index is -0.0741. The first-order valence-corrected chi connectivity index (χ1v) is 1.96. The van der Waals surface area contributed by atoms with E-state index in [-0.39, 0.29) is 10.3 Å². The lowest BCUT2D eigenvalue weighted by Gasteiger charge is -1.84. The van der Waals surface area contributed by atoms with Gasteiger partial charge in [-0.3, -0.25) is 0 Å². The number of hydrogen-bond donors (Lipinski definition) is 2. The summed E-state index contributed by atoms with van der Waals surface area (Å²) in [6.07, 6.45) is 0. The number of nitrogens with two attached hydrogens (primary N) is 2. The second-order valence-electron chi connectivity index (χ2n) is 0.716. The highest BCUT2D eigenvalue weighted by Crippen LogP contribution is 2.04. The van der Waals surface area contributed by atoms with Gasteiger partial charge in [0.15, 0.2) is 0 Å². The Morgan fingerprint density at radius 2 is 1.33 bits per heavy atom. The minimum Gasteiger partial charge on any atom is -0.384 e. The van der Waals surface area contributed by atoms with Crippen molar-refractivity contribution in [2.75, 3.05) is 0 Å². The van der Waals surface area contributed by atoms with Gasteiger partial charge in [0.2, 0.25) is 0 Å². The van der Waals surface area contributed by atoms with Crippen LogP contribution in [0.3, 0.4) is 0 Å². The Kier molecular flexibility index (Phi) is 2.13. The van der Waals surface area contributed by atoms with E-state index in [0.717, 1.165) is 0 Å². The number of hydrogen-bond acceptors (Lipinski definition) is 2. The predicted molar refractivity (Wildman–Crippen MR) is 27.1 cm³/mol. The zero-order valence-electron chi connectivity index (χ0n) is 2.91. The van der Waals surface area contributed by atoms with Gasteiger partial charge in [-0.1, -0.05) is 23.2 Å². The van der Waals surface area contributed by atoms with E-state index in [0.29, 0.717) is 0 Å². The Morgan fingerprint density at radius 3 is 1.33 bits per heavy atom. The molecule has 36 valence electrons. The van der Waals surface area contributed by atoms with Gasteiger partial charge in [0.25, 0.3) is 0 Å². The van der Waals surface area contributed by atoms with Crippen molar-refractivity contribution >= 4 is 23.2 Å². The Labute approximate surface area is 45.7 Å². The molecular formula is C2H4Cl2N2. The molecule has 0 aliphatic heterocycles. The van der Waals surface area contributed by atoms with Crippen LogP contribution in [-0.4, -0.2) is 0 Å².